The summed E-state index contributed by atoms with van der Waals surface area (Å²) in [6, 6.07) is 0. The molecule has 0 saturated heterocycles. The number of carboxylic acid groups (broad SMARTS) is 1. The van der Waals surface area contributed by atoms with Crippen LogP contribution >= 0.6 is 0 Å². The highest BCUT2D eigenvalue weighted by Gasteiger charge is 1.96. The van der Waals surface area contributed by atoms with Gasteiger partial charge >= 0.3 is 11.9 Å². The van der Waals surface area contributed by atoms with Crippen molar-refractivity contribution < 1.29 is 19.4 Å². The lowest BCUT2D eigenvalue weighted by molar-refractivity contribution is -0.137. The Bertz CT molecular complexity index is 213. The number of hydrogen-bond acceptors (Lipinski definition) is 4. The van der Waals surface area contributed by atoms with Crippen molar-refractivity contribution in [3.63, 3.8) is 0 Å². The standard InChI is InChI=1S/C9H15NO4/c1-2-14-9(13)7-10-6-4-3-5-8(11)12/h7H,2-6H2,1H3,(H,11,12). The highest BCUT2D eigenvalue weighted by atomic mass is 16.5. The van der Waals surface area contributed by atoms with Crippen molar-refractivity contribution in [1.82, 2.24) is 0 Å². The molecule has 5 heteroatoms. The third-order valence-electron chi connectivity index (χ3n) is 1.41. The Morgan fingerprint density at radius 3 is 2.71 bits per heavy atom. The summed E-state index contributed by atoms with van der Waals surface area (Å²) in [5.41, 5.74) is 0. The SMILES string of the molecule is CCOC(=O)C=NCCCCC(=O)O. The van der Waals surface area contributed by atoms with Gasteiger partial charge in [-0.1, -0.05) is 0 Å². The fraction of sp³-hybridized carbons (Fsp3) is 0.667. The molecule has 0 aromatic heterocycles. The van der Waals surface area contributed by atoms with Gasteiger partial charge < -0.3 is 9.84 Å². The van der Waals surface area contributed by atoms with Crippen LogP contribution in [0.15, 0.2) is 4.99 Å². The lowest BCUT2D eigenvalue weighted by Gasteiger charge is -1.95. The summed E-state index contributed by atoms with van der Waals surface area (Å²) in [7, 11) is 0. The molecule has 0 saturated carbocycles. The molecular weight excluding hydrogens is 186 g/mol. The Morgan fingerprint density at radius 1 is 1.43 bits per heavy atom. The molecule has 0 spiro atoms. The molecule has 0 fully saturated rings. The zero-order valence-electron chi connectivity index (χ0n) is 8.23. The van der Waals surface area contributed by atoms with E-state index in [0.717, 1.165) is 6.21 Å². The van der Waals surface area contributed by atoms with E-state index in [2.05, 4.69) is 9.73 Å². The van der Waals surface area contributed by atoms with Crippen LogP contribution in [0.5, 0.6) is 0 Å². The van der Waals surface area contributed by atoms with Crippen LogP contribution in [0.4, 0.5) is 0 Å². The van der Waals surface area contributed by atoms with Crippen LogP contribution in [0.1, 0.15) is 26.2 Å². The first-order chi connectivity index (χ1) is 6.66. The number of aliphatic carboxylic acids is 1. The molecule has 0 unspecified atom stereocenters. The Kier molecular flexibility index (Phi) is 7.40. The van der Waals surface area contributed by atoms with Crippen LogP contribution in [0.25, 0.3) is 0 Å². The smallest absolute Gasteiger partial charge is 0.348 e. The summed E-state index contributed by atoms with van der Waals surface area (Å²) in [4.78, 5) is 24.6. The van der Waals surface area contributed by atoms with Crippen LogP contribution in [0.3, 0.4) is 0 Å². The maximum absolute atomic E-state index is 10.7. The summed E-state index contributed by atoms with van der Waals surface area (Å²) in [5.74, 6) is -1.26. The average Bonchev–Trinajstić information content (AvgIpc) is 2.11. The quantitative estimate of drug-likeness (QED) is 0.377. The zero-order valence-corrected chi connectivity index (χ0v) is 8.23. The summed E-state index contributed by atoms with van der Waals surface area (Å²) >= 11 is 0. The molecule has 0 bridgehead atoms. The monoisotopic (exact) mass is 201 g/mol. The Balaban J connectivity index is 3.35. The highest BCUT2D eigenvalue weighted by molar-refractivity contribution is 6.23. The predicted molar refractivity (Wildman–Crippen MR) is 51.5 cm³/mol. The number of ether oxygens (including phenoxy) is 1. The molecule has 0 heterocycles. The summed E-state index contributed by atoms with van der Waals surface area (Å²) < 4.78 is 4.60. The number of unbranched alkanes of at least 4 members (excludes halogenated alkanes) is 1. The number of nitrogens with zero attached hydrogens (tertiary/aromatic N) is 1. The van der Waals surface area contributed by atoms with Crippen molar-refractivity contribution in [3.8, 4) is 0 Å². The second kappa shape index (κ2) is 8.22. The van der Waals surface area contributed by atoms with E-state index in [1.807, 2.05) is 0 Å². The molecule has 80 valence electrons. The van der Waals surface area contributed by atoms with E-state index in [1.165, 1.54) is 0 Å². The molecule has 0 aliphatic carbocycles. The first kappa shape index (κ1) is 12.6. The number of aliphatic imine (C=N–C) groups is 1. The molecular formula is C9H15NO4. The number of hydrogen-bond donors (Lipinski definition) is 1. The van der Waals surface area contributed by atoms with Gasteiger partial charge in [0.2, 0.25) is 0 Å². The molecule has 14 heavy (non-hydrogen) atoms. The van der Waals surface area contributed by atoms with Crippen LogP contribution in [0.2, 0.25) is 0 Å². The van der Waals surface area contributed by atoms with Gasteiger partial charge in [0.1, 0.15) is 6.21 Å². The van der Waals surface area contributed by atoms with E-state index in [4.69, 9.17) is 5.11 Å². The van der Waals surface area contributed by atoms with Gasteiger partial charge in [-0.05, 0) is 19.8 Å². The third-order valence-corrected chi connectivity index (χ3v) is 1.41. The van der Waals surface area contributed by atoms with Crippen molar-refractivity contribution in [2.45, 2.75) is 26.2 Å². The van der Waals surface area contributed by atoms with E-state index in [1.54, 1.807) is 6.92 Å². The van der Waals surface area contributed by atoms with Crippen molar-refractivity contribution in [2.75, 3.05) is 13.2 Å². The van der Waals surface area contributed by atoms with E-state index in [-0.39, 0.29) is 6.42 Å². The molecule has 0 rings (SSSR count). The van der Waals surface area contributed by atoms with Crippen LogP contribution < -0.4 is 0 Å². The Morgan fingerprint density at radius 2 is 2.14 bits per heavy atom. The van der Waals surface area contributed by atoms with Gasteiger partial charge in [-0.3, -0.25) is 9.79 Å². The van der Waals surface area contributed by atoms with Crippen LogP contribution in [-0.4, -0.2) is 36.4 Å². The van der Waals surface area contributed by atoms with Crippen molar-refractivity contribution >= 4 is 18.2 Å². The number of carbonyl (C=O) groups is 2. The fourth-order valence-corrected chi connectivity index (χ4v) is 0.798. The second-order valence-corrected chi connectivity index (χ2v) is 2.64. The van der Waals surface area contributed by atoms with Gasteiger partial charge in [-0.25, -0.2) is 4.79 Å². The second-order valence-electron chi connectivity index (χ2n) is 2.64. The number of carbonyl (C=O) groups excluding carboxylic acids is 1. The van der Waals surface area contributed by atoms with Crippen LogP contribution in [-0.2, 0) is 14.3 Å². The zero-order chi connectivity index (χ0) is 10.8. The van der Waals surface area contributed by atoms with Gasteiger partial charge in [0.05, 0.1) is 6.61 Å². The van der Waals surface area contributed by atoms with Gasteiger partial charge in [0, 0.05) is 13.0 Å². The predicted octanol–water partition coefficient (Wildman–Crippen LogP) is 0.875. The Labute approximate surface area is 82.8 Å². The molecule has 0 radical (unpaired) electrons. The lowest BCUT2D eigenvalue weighted by atomic mass is 10.2. The number of rotatable bonds is 7. The van der Waals surface area contributed by atoms with E-state index < -0.39 is 11.9 Å². The average molecular weight is 201 g/mol. The minimum absolute atomic E-state index is 0.148. The maximum Gasteiger partial charge on any atom is 0.348 e. The van der Waals surface area contributed by atoms with Gasteiger partial charge in [-0.15, -0.1) is 0 Å². The Hall–Kier alpha value is -1.39. The first-order valence-corrected chi connectivity index (χ1v) is 4.55. The maximum atomic E-state index is 10.7. The first-order valence-electron chi connectivity index (χ1n) is 4.55. The molecule has 1 N–H and O–H groups in total. The minimum Gasteiger partial charge on any atom is -0.481 e. The lowest BCUT2D eigenvalue weighted by Crippen LogP contribution is -2.05. The van der Waals surface area contributed by atoms with Crippen molar-refractivity contribution in [1.29, 1.82) is 0 Å². The van der Waals surface area contributed by atoms with Gasteiger partial charge in [0.25, 0.3) is 0 Å². The van der Waals surface area contributed by atoms with Crippen molar-refractivity contribution in [3.05, 3.63) is 0 Å². The largest absolute Gasteiger partial charge is 0.481 e. The third kappa shape index (κ3) is 8.70. The molecule has 0 atom stereocenters. The highest BCUT2D eigenvalue weighted by Crippen LogP contribution is 1.94. The minimum atomic E-state index is -0.806. The van der Waals surface area contributed by atoms with Gasteiger partial charge in [0.15, 0.2) is 0 Å². The summed E-state index contributed by atoms with van der Waals surface area (Å²) in [6.07, 6.45) is 2.52. The molecule has 5 nitrogen and oxygen atoms in total. The molecule has 0 aliphatic rings. The summed E-state index contributed by atoms with van der Waals surface area (Å²) in [5, 5.41) is 8.32. The van der Waals surface area contributed by atoms with E-state index >= 15 is 0 Å². The number of esters is 1. The topological polar surface area (TPSA) is 76.0 Å². The molecule has 0 aromatic rings. The van der Waals surface area contributed by atoms with E-state index in [0.29, 0.717) is 26.0 Å². The molecule has 0 aliphatic heterocycles. The van der Waals surface area contributed by atoms with Crippen molar-refractivity contribution in [2.24, 2.45) is 4.99 Å². The fourth-order valence-electron chi connectivity index (χ4n) is 0.798. The van der Waals surface area contributed by atoms with Gasteiger partial charge in [-0.2, -0.15) is 0 Å². The summed E-state index contributed by atoms with van der Waals surface area (Å²) in [6.45, 7) is 2.52. The van der Waals surface area contributed by atoms with E-state index in [9.17, 15) is 9.59 Å². The molecule has 0 aromatic carbocycles. The number of carboxylic acids is 1. The van der Waals surface area contributed by atoms with Crippen LogP contribution in [0, 0.1) is 0 Å². The normalized spacial score (nSPS) is 10.4. The molecule has 0 amide bonds.